The summed E-state index contributed by atoms with van der Waals surface area (Å²) in [6.45, 7) is 2.83. The van der Waals surface area contributed by atoms with Crippen LogP contribution in [0.4, 0.5) is 5.82 Å². The average Bonchev–Trinajstić information content (AvgIpc) is 2.83. The molecule has 0 spiro atoms. The molecule has 4 nitrogen and oxygen atoms in total. The highest BCUT2D eigenvalue weighted by Gasteiger charge is 2.09. The molecule has 2 rings (SSSR count). The number of alkyl halides is 1. The molecular formula is C14H19ClN4. The number of hydrogen-bond acceptors (Lipinski definition) is 3. The van der Waals surface area contributed by atoms with Crippen molar-refractivity contribution in [3.05, 3.63) is 41.6 Å². The Morgan fingerprint density at radius 3 is 2.74 bits per heavy atom. The molecule has 0 aliphatic carbocycles. The Labute approximate surface area is 119 Å². The molecule has 0 bridgehead atoms. The summed E-state index contributed by atoms with van der Waals surface area (Å²) < 4.78 is 2.02. The number of nitrogens with zero attached hydrogens (tertiary/aromatic N) is 4. The highest BCUT2D eigenvalue weighted by atomic mass is 35.5. The van der Waals surface area contributed by atoms with Crippen LogP contribution >= 0.6 is 11.6 Å². The van der Waals surface area contributed by atoms with Crippen LogP contribution in [0.3, 0.4) is 0 Å². The van der Waals surface area contributed by atoms with Crippen LogP contribution in [0.25, 0.3) is 0 Å². The number of aromatic nitrogens is 3. The third-order valence-corrected chi connectivity index (χ3v) is 3.44. The molecule has 0 aliphatic heterocycles. The summed E-state index contributed by atoms with van der Waals surface area (Å²) in [7, 11) is 4.02. The van der Waals surface area contributed by atoms with Crippen molar-refractivity contribution >= 4 is 17.4 Å². The second kappa shape index (κ2) is 6.06. The van der Waals surface area contributed by atoms with Crippen LogP contribution in [0.5, 0.6) is 0 Å². The van der Waals surface area contributed by atoms with Crippen LogP contribution < -0.4 is 4.90 Å². The van der Waals surface area contributed by atoms with E-state index in [1.54, 1.807) is 0 Å². The standard InChI is InChI=1S/C14H19ClN4/c1-4-12-7-11(9-15)8-13(17-12)19(3)10-14-16-5-6-18(14)2/h5-8H,4,9-10H2,1-3H3. The Bertz CT molecular complexity index is 528. The van der Waals surface area contributed by atoms with E-state index in [-0.39, 0.29) is 0 Å². The van der Waals surface area contributed by atoms with Gasteiger partial charge < -0.3 is 9.47 Å². The quantitative estimate of drug-likeness (QED) is 0.789. The molecule has 0 aromatic carbocycles. The van der Waals surface area contributed by atoms with Crippen LogP contribution in [-0.4, -0.2) is 21.6 Å². The molecule has 2 aromatic rings. The number of anilines is 1. The van der Waals surface area contributed by atoms with Gasteiger partial charge in [0, 0.05) is 38.1 Å². The predicted molar refractivity (Wildman–Crippen MR) is 78.5 cm³/mol. The SMILES string of the molecule is CCc1cc(CCl)cc(N(C)Cc2nccn2C)n1. The molecule has 19 heavy (non-hydrogen) atoms. The highest BCUT2D eigenvalue weighted by molar-refractivity contribution is 6.17. The molecule has 102 valence electrons. The topological polar surface area (TPSA) is 34.0 Å². The second-order valence-electron chi connectivity index (χ2n) is 4.62. The zero-order valence-electron chi connectivity index (χ0n) is 11.6. The van der Waals surface area contributed by atoms with Gasteiger partial charge in [-0.3, -0.25) is 0 Å². The lowest BCUT2D eigenvalue weighted by atomic mass is 10.2. The van der Waals surface area contributed by atoms with Gasteiger partial charge in [-0.1, -0.05) is 6.92 Å². The second-order valence-corrected chi connectivity index (χ2v) is 4.89. The molecule has 2 aromatic heterocycles. The van der Waals surface area contributed by atoms with E-state index in [2.05, 4.69) is 27.9 Å². The summed E-state index contributed by atoms with van der Waals surface area (Å²) in [6, 6.07) is 4.10. The molecule has 0 atom stereocenters. The number of aryl methyl sites for hydroxylation is 2. The molecule has 0 amide bonds. The first-order valence-corrected chi connectivity index (χ1v) is 6.90. The Balaban J connectivity index is 2.23. The van der Waals surface area contributed by atoms with Crippen molar-refractivity contribution in [3.63, 3.8) is 0 Å². The van der Waals surface area contributed by atoms with Crippen molar-refractivity contribution in [1.82, 2.24) is 14.5 Å². The normalized spacial score (nSPS) is 10.7. The minimum absolute atomic E-state index is 0.513. The van der Waals surface area contributed by atoms with Crippen LogP contribution in [0.2, 0.25) is 0 Å². The third kappa shape index (κ3) is 3.26. The Kier molecular flexibility index (Phi) is 4.43. The van der Waals surface area contributed by atoms with E-state index in [1.165, 1.54) is 0 Å². The summed E-state index contributed by atoms with van der Waals surface area (Å²) in [5.41, 5.74) is 2.18. The van der Waals surface area contributed by atoms with Crippen LogP contribution in [-0.2, 0) is 25.9 Å². The maximum atomic E-state index is 5.94. The first-order valence-electron chi connectivity index (χ1n) is 6.37. The fourth-order valence-electron chi connectivity index (χ4n) is 1.93. The monoisotopic (exact) mass is 278 g/mol. The fraction of sp³-hybridized carbons (Fsp3) is 0.429. The molecule has 0 saturated carbocycles. The minimum Gasteiger partial charge on any atom is -0.352 e. The maximum absolute atomic E-state index is 5.94. The fourth-order valence-corrected chi connectivity index (χ4v) is 2.08. The lowest BCUT2D eigenvalue weighted by Crippen LogP contribution is -2.20. The number of hydrogen-bond donors (Lipinski definition) is 0. The first-order chi connectivity index (χ1) is 9.13. The van der Waals surface area contributed by atoms with Gasteiger partial charge in [0.25, 0.3) is 0 Å². The van der Waals surface area contributed by atoms with Crippen LogP contribution in [0.1, 0.15) is 24.0 Å². The molecular weight excluding hydrogens is 260 g/mol. The van der Waals surface area contributed by atoms with E-state index in [0.29, 0.717) is 5.88 Å². The van der Waals surface area contributed by atoms with E-state index in [9.17, 15) is 0 Å². The summed E-state index contributed by atoms with van der Waals surface area (Å²) in [5.74, 6) is 2.47. The Morgan fingerprint density at radius 2 is 2.16 bits per heavy atom. The van der Waals surface area contributed by atoms with Gasteiger partial charge in [0.05, 0.1) is 6.54 Å². The molecule has 0 radical (unpaired) electrons. The molecule has 5 heteroatoms. The maximum Gasteiger partial charge on any atom is 0.129 e. The van der Waals surface area contributed by atoms with Gasteiger partial charge in [0.1, 0.15) is 11.6 Å². The average molecular weight is 279 g/mol. The molecule has 2 heterocycles. The van der Waals surface area contributed by atoms with Gasteiger partial charge in [-0.15, -0.1) is 11.6 Å². The van der Waals surface area contributed by atoms with Crippen LogP contribution in [0, 0.1) is 0 Å². The summed E-state index contributed by atoms with van der Waals surface area (Å²) in [5, 5.41) is 0. The summed E-state index contributed by atoms with van der Waals surface area (Å²) in [6.07, 6.45) is 4.67. The molecule has 0 N–H and O–H groups in total. The van der Waals surface area contributed by atoms with Crippen molar-refractivity contribution in [2.75, 3.05) is 11.9 Å². The Hall–Kier alpha value is -1.55. The van der Waals surface area contributed by atoms with Gasteiger partial charge >= 0.3 is 0 Å². The molecule has 0 fully saturated rings. The highest BCUT2D eigenvalue weighted by Crippen LogP contribution is 2.17. The third-order valence-electron chi connectivity index (χ3n) is 3.13. The summed E-state index contributed by atoms with van der Waals surface area (Å²) >= 11 is 5.94. The van der Waals surface area contributed by atoms with Crippen molar-refractivity contribution in [1.29, 1.82) is 0 Å². The van der Waals surface area contributed by atoms with Crippen molar-refractivity contribution < 1.29 is 0 Å². The van der Waals surface area contributed by atoms with Crippen LogP contribution in [0.15, 0.2) is 24.5 Å². The first kappa shape index (κ1) is 13.9. The Morgan fingerprint density at radius 1 is 1.37 bits per heavy atom. The van der Waals surface area contributed by atoms with Gasteiger partial charge in [-0.25, -0.2) is 9.97 Å². The lowest BCUT2D eigenvalue weighted by molar-refractivity contribution is 0.753. The van der Waals surface area contributed by atoms with Crippen molar-refractivity contribution in [2.24, 2.45) is 7.05 Å². The van der Waals surface area contributed by atoms with Crippen molar-refractivity contribution in [2.45, 2.75) is 25.8 Å². The van der Waals surface area contributed by atoms with Crippen molar-refractivity contribution in [3.8, 4) is 0 Å². The summed E-state index contributed by atoms with van der Waals surface area (Å²) in [4.78, 5) is 11.1. The number of rotatable bonds is 5. The van der Waals surface area contributed by atoms with Gasteiger partial charge in [-0.05, 0) is 24.1 Å². The van der Waals surface area contributed by atoms with E-state index in [1.807, 2.05) is 37.1 Å². The van der Waals surface area contributed by atoms with E-state index in [4.69, 9.17) is 11.6 Å². The molecule has 0 unspecified atom stereocenters. The predicted octanol–water partition coefficient (Wildman–Crippen LogP) is 2.75. The number of imidazole rings is 1. The molecule has 0 aliphatic rings. The van der Waals surface area contributed by atoms with E-state index >= 15 is 0 Å². The zero-order chi connectivity index (χ0) is 13.8. The van der Waals surface area contributed by atoms with Gasteiger partial charge in [0.2, 0.25) is 0 Å². The minimum atomic E-state index is 0.513. The molecule has 0 saturated heterocycles. The lowest BCUT2D eigenvalue weighted by Gasteiger charge is -2.19. The zero-order valence-corrected chi connectivity index (χ0v) is 12.4. The van der Waals surface area contributed by atoms with E-state index < -0.39 is 0 Å². The van der Waals surface area contributed by atoms with Gasteiger partial charge in [0.15, 0.2) is 0 Å². The van der Waals surface area contributed by atoms with E-state index in [0.717, 1.165) is 35.9 Å². The largest absolute Gasteiger partial charge is 0.352 e. The number of pyridine rings is 1. The van der Waals surface area contributed by atoms with Gasteiger partial charge in [-0.2, -0.15) is 0 Å². The smallest absolute Gasteiger partial charge is 0.129 e. The number of halogens is 1.